The van der Waals surface area contributed by atoms with Crippen molar-refractivity contribution < 1.29 is 22.0 Å². The standard InChI is InChI=1S/C18H20F2N2O3S/c1-13(14-7-9-16(19)10-8-14)21-18(23)12-22(26(2,24)25)11-15-5-3-4-6-17(15)20/h3-10,13H,11-12H2,1-2H3,(H,21,23)/t13-/m0/s1. The second kappa shape index (κ2) is 8.37. The number of benzene rings is 2. The van der Waals surface area contributed by atoms with Crippen LogP contribution in [0.25, 0.3) is 0 Å². The molecule has 0 heterocycles. The maximum Gasteiger partial charge on any atom is 0.235 e. The maximum atomic E-state index is 13.8. The zero-order valence-electron chi connectivity index (χ0n) is 14.4. The number of nitrogens with zero attached hydrogens (tertiary/aromatic N) is 1. The molecule has 2 rings (SSSR count). The monoisotopic (exact) mass is 382 g/mol. The molecule has 8 heteroatoms. The molecule has 1 amide bonds. The molecule has 5 nitrogen and oxygen atoms in total. The summed E-state index contributed by atoms with van der Waals surface area (Å²) in [4.78, 5) is 12.2. The second-order valence-electron chi connectivity index (χ2n) is 5.96. The predicted molar refractivity (Wildman–Crippen MR) is 94.6 cm³/mol. The first-order chi connectivity index (χ1) is 12.2. The normalized spacial score (nSPS) is 12.8. The summed E-state index contributed by atoms with van der Waals surface area (Å²) in [5, 5.41) is 2.66. The lowest BCUT2D eigenvalue weighted by Crippen LogP contribution is -2.40. The Morgan fingerprint density at radius 3 is 2.31 bits per heavy atom. The van der Waals surface area contributed by atoms with Crippen molar-refractivity contribution in [1.29, 1.82) is 0 Å². The molecular formula is C18H20F2N2O3S. The van der Waals surface area contributed by atoms with E-state index in [-0.39, 0.29) is 17.9 Å². The number of carbonyl (C=O) groups is 1. The molecular weight excluding hydrogens is 362 g/mol. The largest absolute Gasteiger partial charge is 0.348 e. The summed E-state index contributed by atoms with van der Waals surface area (Å²) < 4.78 is 51.6. The Bertz CT molecular complexity index is 870. The lowest BCUT2D eigenvalue weighted by atomic mass is 10.1. The summed E-state index contributed by atoms with van der Waals surface area (Å²) in [5.41, 5.74) is 0.858. The van der Waals surface area contributed by atoms with Crippen LogP contribution in [0.1, 0.15) is 24.1 Å². The van der Waals surface area contributed by atoms with Gasteiger partial charge in [0.25, 0.3) is 0 Å². The third-order valence-corrected chi connectivity index (χ3v) is 5.04. The molecule has 0 saturated carbocycles. The smallest absolute Gasteiger partial charge is 0.235 e. The molecule has 26 heavy (non-hydrogen) atoms. The molecule has 0 radical (unpaired) electrons. The van der Waals surface area contributed by atoms with Gasteiger partial charge >= 0.3 is 0 Å². The lowest BCUT2D eigenvalue weighted by molar-refractivity contribution is -0.122. The van der Waals surface area contributed by atoms with Gasteiger partial charge in [0.05, 0.1) is 18.8 Å². The van der Waals surface area contributed by atoms with Crippen LogP contribution >= 0.6 is 0 Å². The number of rotatable bonds is 7. The average Bonchev–Trinajstić information content (AvgIpc) is 2.55. The number of halogens is 2. The topological polar surface area (TPSA) is 66.5 Å². The van der Waals surface area contributed by atoms with E-state index in [1.807, 2.05) is 0 Å². The first-order valence-electron chi connectivity index (χ1n) is 7.90. The van der Waals surface area contributed by atoms with E-state index in [4.69, 9.17) is 0 Å². The Hall–Kier alpha value is -2.32. The van der Waals surface area contributed by atoms with Crippen LogP contribution in [0.5, 0.6) is 0 Å². The summed E-state index contributed by atoms with van der Waals surface area (Å²) in [6.07, 6.45) is 0.963. The van der Waals surface area contributed by atoms with Crippen LogP contribution < -0.4 is 5.32 Å². The van der Waals surface area contributed by atoms with Crippen molar-refractivity contribution in [2.24, 2.45) is 0 Å². The minimum Gasteiger partial charge on any atom is -0.348 e. The van der Waals surface area contributed by atoms with Gasteiger partial charge < -0.3 is 5.32 Å². The highest BCUT2D eigenvalue weighted by Gasteiger charge is 2.22. The highest BCUT2D eigenvalue weighted by molar-refractivity contribution is 7.88. The van der Waals surface area contributed by atoms with Crippen molar-refractivity contribution in [2.45, 2.75) is 19.5 Å². The highest BCUT2D eigenvalue weighted by atomic mass is 32.2. The summed E-state index contributed by atoms with van der Waals surface area (Å²) in [7, 11) is -3.72. The molecule has 0 bridgehead atoms. The summed E-state index contributed by atoms with van der Waals surface area (Å²) in [6, 6.07) is 11.0. The van der Waals surface area contributed by atoms with E-state index in [2.05, 4.69) is 5.32 Å². The van der Waals surface area contributed by atoms with Crippen LogP contribution in [0.4, 0.5) is 8.78 Å². The Morgan fingerprint density at radius 2 is 1.73 bits per heavy atom. The first kappa shape index (κ1) is 20.0. The van der Waals surface area contributed by atoms with Crippen LogP contribution in [0, 0.1) is 11.6 Å². The van der Waals surface area contributed by atoms with Gasteiger partial charge in [0, 0.05) is 12.1 Å². The van der Waals surface area contributed by atoms with Crippen LogP contribution in [0.2, 0.25) is 0 Å². The lowest BCUT2D eigenvalue weighted by Gasteiger charge is -2.21. The van der Waals surface area contributed by atoms with Gasteiger partial charge in [-0.25, -0.2) is 17.2 Å². The number of hydrogen-bond acceptors (Lipinski definition) is 3. The molecule has 2 aromatic rings. The zero-order chi connectivity index (χ0) is 19.3. The molecule has 0 aromatic heterocycles. The number of amides is 1. The van der Waals surface area contributed by atoms with Crippen molar-refractivity contribution >= 4 is 15.9 Å². The Labute approximate surface area is 151 Å². The van der Waals surface area contributed by atoms with E-state index in [0.717, 1.165) is 10.6 Å². The molecule has 0 aliphatic heterocycles. The van der Waals surface area contributed by atoms with Crippen molar-refractivity contribution in [3.63, 3.8) is 0 Å². The van der Waals surface area contributed by atoms with Gasteiger partial charge in [-0.05, 0) is 30.7 Å². The highest BCUT2D eigenvalue weighted by Crippen LogP contribution is 2.14. The Balaban J connectivity index is 2.07. The minimum absolute atomic E-state index is 0.178. The summed E-state index contributed by atoms with van der Waals surface area (Å²) >= 11 is 0. The Morgan fingerprint density at radius 1 is 1.12 bits per heavy atom. The van der Waals surface area contributed by atoms with Crippen molar-refractivity contribution in [3.8, 4) is 0 Å². The molecule has 1 atom stereocenters. The van der Waals surface area contributed by atoms with E-state index < -0.39 is 34.3 Å². The molecule has 0 fully saturated rings. The van der Waals surface area contributed by atoms with Gasteiger partial charge in [-0.1, -0.05) is 30.3 Å². The average molecular weight is 382 g/mol. The molecule has 0 aliphatic rings. The van der Waals surface area contributed by atoms with Crippen molar-refractivity contribution in [3.05, 3.63) is 71.3 Å². The van der Waals surface area contributed by atoms with Crippen LogP contribution in [-0.2, 0) is 21.4 Å². The number of hydrogen-bond donors (Lipinski definition) is 1. The third kappa shape index (κ3) is 5.60. The van der Waals surface area contributed by atoms with Crippen molar-refractivity contribution in [1.82, 2.24) is 9.62 Å². The van der Waals surface area contributed by atoms with Gasteiger partial charge in [-0.15, -0.1) is 0 Å². The quantitative estimate of drug-likeness (QED) is 0.801. The van der Waals surface area contributed by atoms with E-state index in [9.17, 15) is 22.0 Å². The van der Waals surface area contributed by atoms with E-state index in [1.165, 1.54) is 42.5 Å². The van der Waals surface area contributed by atoms with Gasteiger partial charge in [0.15, 0.2) is 0 Å². The SMILES string of the molecule is C[C@H](NC(=O)CN(Cc1ccccc1F)S(C)(=O)=O)c1ccc(F)cc1. The van der Waals surface area contributed by atoms with E-state index in [1.54, 1.807) is 13.0 Å². The van der Waals surface area contributed by atoms with Gasteiger partial charge in [-0.2, -0.15) is 4.31 Å². The van der Waals surface area contributed by atoms with Crippen LogP contribution in [0.3, 0.4) is 0 Å². The van der Waals surface area contributed by atoms with E-state index in [0.29, 0.717) is 5.56 Å². The second-order valence-corrected chi connectivity index (χ2v) is 7.95. The van der Waals surface area contributed by atoms with Crippen LogP contribution in [0.15, 0.2) is 48.5 Å². The molecule has 2 aromatic carbocycles. The number of sulfonamides is 1. The van der Waals surface area contributed by atoms with Gasteiger partial charge in [0.1, 0.15) is 11.6 Å². The van der Waals surface area contributed by atoms with Gasteiger partial charge in [-0.3, -0.25) is 4.79 Å². The molecule has 1 N–H and O–H groups in total. The first-order valence-corrected chi connectivity index (χ1v) is 9.75. The van der Waals surface area contributed by atoms with Crippen LogP contribution in [-0.4, -0.2) is 31.4 Å². The number of nitrogens with one attached hydrogen (secondary N) is 1. The molecule has 0 saturated heterocycles. The fraction of sp³-hybridized carbons (Fsp3) is 0.278. The number of carbonyl (C=O) groups excluding carboxylic acids is 1. The molecule has 0 unspecified atom stereocenters. The molecule has 0 aliphatic carbocycles. The minimum atomic E-state index is -3.72. The zero-order valence-corrected chi connectivity index (χ0v) is 15.3. The predicted octanol–water partition coefficient (Wildman–Crippen LogP) is 2.60. The molecule has 0 spiro atoms. The van der Waals surface area contributed by atoms with Crippen molar-refractivity contribution in [2.75, 3.05) is 12.8 Å². The maximum absolute atomic E-state index is 13.8. The fourth-order valence-corrected chi connectivity index (χ4v) is 3.11. The summed E-state index contributed by atoms with van der Waals surface area (Å²) in [5.74, 6) is -1.47. The summed E-state index contributed by atoms with van der Waals surface area (Å²) in [6.45, 7) is 1.01. The third-order valence-electron chi connectivity index (χ3n) is 3.84. The molecule has 140 valence electrons. The van der Waals surface area contributed by atoms with Gasteiger partial charge in [0.2, 0.25) is 15.9 Å². The Kier molecular flexibility index (Phi) is 6.44. The van der Waals surface area contributed by atoms with E-state index >= 15 is 0 Å². The fourth-order valence-electron chi connectivity index (χ4n) is 2.39.